The molecule has 1 aliphatic heterocycles. The first-order chi connectivity index (χ1) is 6.75. The van der Waals surface area contributed by atoms with Gasteiger partial charge in [0.05, 0.1) is 0 Å². The molecule has 1 saturated heterocycles. The van der Waals surface area contributed by atoms with Crippen molar-refractivity contribution in [3.05, 3.63) is 0 Å². The molecule has 2 rings (SSSR count). The van der Waals surface area contributed by atoms with Crippen molar-refractivity contribution in [2.24, 2.45) is 5.92 Å². The minimum atomic E-state index is 0.803. The van der Waals surface area contributed by atoms with Gasteiger partial charge < -0.3 is 10.2 Å². The summed E-state index contributed by atoms with van der Waals surface area (Å²) in [6.07, 6.45) is 6.97. The second-order valence-electron chi connectivity index (χ2n) is 5.26. The fourth-order valence-corrected chi connectivity index (χ4v) is 2.87. The molecule has 2 heteroatoms. The average Bonchev–Trinajstić information content (AvgIpc) is 2.56. The summed E-state index contributed by atoms with van der Waals surface area (Å²) in [4.78, 5) is 2.44. The predicted octanol–water partition coefficient (Wildman–Crippen LogP) is 1.86. The molecule has 2 atom stereocenters. The van der Waals surface area contributed by atoms with Crippen molar-refractivity contribution in [1.82, 2.24) is 10.2 Å². The molecule has 2 aliphatic rings. The first-order valence-electron chi connectivity index (χ1n) is 6.20. The van der Waals surface area contributed by atoms with Gasteiger partial charge in [0.2, 0.25) is 0 Å². The minimum Gasteiger partial charge on any atom is -0.311 e. The molecule has 0 amide bonds. The maximum Gasteiger partial charge on any atom is 0.00953 e. The lowest BCUT2D eigenvalue weighted by atomic mass is 10.0. The highest BCUT2D eigenvalue weighted by molar-refractivity contribution is 4.85. The Morgan fingerprint density at radius 1 is 1.07 bits per heavy atom. The van der Waals surface area contributed by atoms with Crippen LogP contribution in [-0.4, -0.2) is 37.1 Å². The Bertz CT molecular complexity index is 173. The number of nitrogens with one attached hydrogen (secondary N) is 1. The van der Waals surface area contributed by atoms with Crippen LogP contribution in [0.4, 0.5) is 0 Å². The third-order valence-electron chi connectivity index (χ3n) is 4.03. The van der Waals surface area contributed by atoms with Crippen molar-refractivity contribution in [2.75, 3.05) is 20.1 Å². The molecule has 82 valence electrons. The third-order valence-corrected chi connectivity index (χ3v) is 4.03. The molecule has 0 bridgehead atoms. The minimum absolute atomic E-state index is 0.803. The normalized spacial score (nSPS) is 36.4. The first kappa shape index (κ1) is 10.4. The fraction of sp³-hybridized carbons (Fsp3) is 1.00. The van der Waals surface area contributed by atoms with E-state index in [1.54, 1.807) is 0 Å². The van der Waals surface area contributed by atoms with Crippen LogP contribution in [-0.2, 0) is 0 Å². The van der Waals surface area contributed by atoms with E-state index in [-0.39, 0.29) is 0 Å². The summed E-state index contributed by atoms with van der Waals surface area (Å²) < 4.78 is 0. The molecule has 2 nitrogen and oxygen atoms in total. The van der Waals surface area contributed by atoms with Crippen molar-refractivity contribution < 1.29 is 0 Å². The summed E-state index contributed by atoms with van der Waals surface area (Å²) in [6, 6.07) is 1.63. The molecule has 2 fully saturated rings. The zero-order chi connectivity index (χ0) is 9.97. The van der Waals surface area contributed by atoms with Crippen LogP contribution < -0.4 is 5.32 Å². The van der Waals surface area contributed by atoms with Crippen LogP contribution >= 0.6 is 0 Å². The second kappa shape index (κ2) is 4.63. The topological polar surface area (TPSA) is 15.3 Å². The maximum atomic E-state index is 3.86. The van der Waals surface area contributed by atoms with Gasteiger partial charge in [0.25, 0.3) is 0 Å². The number of hydrogen-bond donors (Lipinski definition) is 1. The van der Waals surface area contributed by atoms with Crippen LogP contribution in [0.25, 0.3) is 0 Å². The number of piperidine rings is 1. The number of likely N-dealkylation sites (tertiary alicyclic amines) is 1. The van der Waals surface area contributed by atoms with E-state index in [9.17, 15) is 0 Å². The van der Waals surface area contributed by atoms with E-state index < -0.39 is 0 Å². The van der Waals surface area contributed by atoms with Crippen LogP contribution in [0.5, 0.6) is 0 Å². The number of rotatable bonds is 2. The van der Waals surface area contributed by atoms with Crippen LogP contribution in [0.3, 0.4) is 0 Å². The van der Waals surface area contributed by atoms with Crippen molar-refractivity contribution in [3.8, 4) is 0 Å². The summed E-state index contributed by atoms with van der Waals surface area (Å²) in [5, 5.41) is 3.86. The van der Waals surface area contributed by atoms with Gasteiger partial charge in [0.15, 0.2) is 0 Å². The molecular formula is C12H24N2. The Morgan fingerprint density at radius 3 is 2.36 bits per heavy atom. The van der Waals surface area contributed by atoms with E-state index in [1.807, 2.05) is 0 Å². The van der Waals surface area contributed by atoms with Crippen LogP contribution in [0.15, 0.2) is 0 Å². The molecule has 0 radical (unpaired) electrons. The second-order valence-corrected chi connectivity index (χ2v) is 5.26. The highest BCUT2D eigenvalue weighted by Crippen LogP contribution is 2.26. The van der Waals surface area contributed by atoms with Gasteiger partial charge in [0, 0.05) is 12.1 Å². The molecule has 1 saturated carbocycles. The molecular weight excluding hydrogens is 172 g/mol. The summed E-state index contributed by atoms with van der Waals surface area (Å²) >= 11 is 0. The maximum absolute atomic E-state index is 3.86. The lowest BCUT2D eigenvalue weighted by Crippen LogP contribution is -2.45. The van der Waals surface area contributed by atoms with Gasteiger partial charge in [-0.2, -0.15) is 0 Å². The van der Waals surface area contributed by atoms with E-state index in [1.165, 1.54) is 45.2 Å². The zero-order valence-corrected chi connectivity index (χ0v) is 9.63. The van der Waals surface area contributed by atoms with Gasteiger partial charge in [-0.1, -0.05) is 13.3 Å². The summed E-state index contributed by atoms with van der Waals surface area (Å²) in [5.41, 5.74) is 0. The summed E-state index contributed by atoms with van der Waals surface area (Å²) in [5.74, 6) is 0.912. The monoisotopic (exact) mass is 196 g/mol. The fourth-order valence-electron chi connectivity index (χ4n) is 2.87. The van der Waals surface area contributed by atoms with Crippen molar-refractivity contribution in [3.63, 3.8) is 0 Å². The van der Waals surface area contributed by atoms with Crippen molar-refractivity contribution in [1.29, 1.82) is 0 Å². The predicted molar refractivity (Wildman–Crippen MR) is 60.5 cm³/mol. The SMILES string of the molecule is C[C@@H]1CCC[C@H]1NC1CCN(C)CC1. The van der Waals surface area contributed by atoms with Crippen molar-refractivity contribution in [2.45, 2.75) is 51.1 Å². The van der Waals surface area contributed by atoms with Gasteiger partial charge in [-0.05, 0) is 51.7 Å². The Hall–Kier alpha value is -0.0800. The zero-order valence-electron chi connectivity index (χ0n) is 9.63. The standard InChI is InChI=1S/C12H24N2/c1-10-4-3-5-12(10)13-11-6-8-14(2)9-7-11/h10-13H,3-9H2,1-2H3/t10-,12-/m1/s1. The summed E-state index contributed by atoms with van der Waals surface area (Å²) in [7, 11) is 2.23. The Morgan fingerprint density at radius 2 is 1.79 bits per heavy atom. The molecule has 0 aromatic carbocycles. The van der Waals surface area contributed by atoms with Gasteiger partial charge in [0.1, 0.15) is 0 Å². The van der Waals surface area contributed by atoms with E-state index in [4.69, 9.17) is 0 Å². The molecule has 1 aliphatic carbocycles. The molecule has 0 spiro atoms. The molecule has 14 heavy (non-hydrogen) atoms. The van der Waals surface area contributed by atoms with E-state index in [0.717, 1.165) is 18.0 Å². The molecule has 1 N–H and O–H groups in total. The highest BCUT2D eigenvalue weighted by Gasteiger charge is 2.26. The largest absolute Gasteiger partial charge is 0.311 e. The molecule has 0 unspecified atom stereocenters. The Kier molecular flexibility index (Phi) is 3.45. The smallest absolute Gasteiger partial charge is 0.00953 e. The van der Waals surface area contributed by atoms with Gasteiger partial charge in [-0.25, -0.2) is 0 Å². The van der Waals surface area contributed by atoms with Crippen LogP contribution in [0.1, 0.15) is 39.0 Å². The lowest BCUT2D eigenvalue weighted by molar-refractivity contribution is 0.217. The van der Waals surface area contributed by atoms with Crippen LogP contribution in [0.2, 0.25) is 0 Å². The average molecular weight is 196 g/mol. The molecule has 0 aromatic heterocycles. The van der Waals surface area contributed by atoms with Crippen molar-refractivity contribution >= 4 is 0 Å². The Labute approximate surface area is 88.1 Å². The Balaban J connectivity index is 1.74. The number of hydrogen-bond acceptors (Lipinski definition) is 2. The highest BCUT2D eigenvalue weighted by atomic mass is 15.1. The van der Waals surface area contributed by atoms with E-state index in [0.29, 0.717) is 0 Å². The summed E-state index contributed by atoms with van der Waals surface area (Å²) in [6.45, 7) is 4.96. The third kappa shape index (κ3) is 2.48. The lowest BCUT2D eigenvalue weighted by Gasteiger charge is -2.32. The van der Waals surface area contributed by atoms with Crippen LogP contribution in [0, 0.1) is 5.92 Å². The molecule has 1 heterocycles. The van der Waals surface area contributed by atoms with E-state index in [2.05, 4.69) is 24.2 Å². The van der Waals surface area contributed by atoms with E-state index >= 15 is 0 Å². The van der Waals surface area contributed by atoms with Gasteiger partial charge in [-0.15, -0.1) is 0 Å². The number of nitrogens with zero attached hydrogens (tertiary/aromatic N) is 1. The van der Waals surface area contributed by atoms with Gasteiger partial charge in [-0.3, -0.25) is 0 Å². The quantitative estimate of drug-likeness (QED) is 0.725. The first-order valence-corrected chi connectivity index (χ1v) is 6.20. The molecule has 0 aromatic rings. The van der Waals surface area contributed by atoms with Gasteiger partial charge >= 0.3 is 0 Å².